The van der Waals surface area contributed by atoms with Crippen molar-refractivity contribution < 1.29 is 9.59 Å². The third-order valence-corrected chi connectivity index (χ3v) is 5.86. The number of carbonyl (C=O) groups excluding carboxylic acids is 2. The van der Waals surface area contributed by atoms with E-state index in [4.69, 9.17) is 0 Å². The van der Waals surface area contributed by atoms with Crippen molar-refractivity contribution in [3.05, 3.63) is 29.3 Å². The Balaban J connectivity index is 1.72. The number of nitrogens with one attached hydrogen (secondary N) is 1. The van der Waals surface area contributed by atoms with Gasteiger partial charge in [-0.15, -0.1) is 0 Å². The first-order valence-electron chi connectivity index (χ1n) is 10.2. The van der Waals surface area contributed by atoms with E-state index in [9.17, 15) is 9.59 Å². The summed E-state index contributed by atoms with van der Waals surface area (Å²) in [6, 6.07) is 6.48. The Bertz CT molecular complexity index is 660. The quantitative estimate of drug-likeness (QED) is 0.817. The maximum absolute atomic E-state index is 12.8. The highest BCUT2D eigenvalue weighted by Gasteiger charge is 2.37. The summed E-state index contributed by atoms with van der Waals surface area (Å²) >= 11 is 0. The van der Waals surface area contributed by atoms with Gasteiger partial charge in [-0.05, 0) is 36.8 Å². The molecule has 3 rings (SSSR count). The molecule has 1 unspecified atom stereocenters. The van der Waals surface area contributed by atoms with E-state index < -0.39 is 0 Å². The first kappa shape index (κ1) is 18.9. The van der Waals surface area contributed by atoms with Crippen molar-refractivity contribution in [1.82, 2.24) is 5.32 Å². The standard InChI is InChI=1S/C22H32N2O2/c1-15(2)19-12-8-9-16(3)21(19)24-14-17(13-20(24)25)22(26)23-18-10-6-4-5-7-11-18/h8-9,12,15,17-18H,4-7,10-11,13-14H2,1-3H3,(H,23,26). The number of nitrogens with zero attached hydrogens (tertiary/aromatic N) is 1. The number of aryl methyl sites for hydroxylation is 1. The fourth-order valence-corrected chi connectivity index (χ4v) is 4.36. The Morgan fingerprint density at radius 1 is 1.15 bits per heavy atom. The van der Waals surface area contributed by atoms with Gasteiger partial charge in [0.25, 0.3) is 0 Å². The fourth-order valence-electron chi connectivity index (χ4n) is 4.36. The number of para-hydroxylation sites is 1. The molecule has 0 aromatic heterocycles. The molecule has 1 aliphatic heterocycles. The van der Waals surface area contributed by atoms with Crippen LogP contribution in [0.2, 0.25) is 0 Å². The summed E-state index contributed by atoms with van der Waals surface area (Å²) in [4.78, 5) is 27.3. The number of carbonyl (C=O) groups is 2. The van der Waals surface area contributed by atoms with E-state index >= 15 is 0 Å². The van der Waals surface area contributed by atoms with Gasteiger partial charge in [0.05, 0.1) is 5.92 Å². The van der Waals surface area contributed by atoms with Gasteiger partial charge in [0.2, 0.25) is 11.8 Å². The highest BCUT2D eigenvalue weighted by atomic mass is 16.2. The first-order chi connectivity index (χ1) is 12.5. The third kappa shape index (κ3) is 4.11. The maximum atomic E-state index is 12.8. The highest BCUT2D eigenvalue weighted by Crippen LogP contribution is 2.35. The lowest BCUT2D eigenvalue weighted by atomic mass is 9.97. The van der Waals surface area contributed by atoms with Crippen LogP contribution < -0.4 is 10.2 Å². The Morgan fingerprint density at radius 3 is 2.50 bits per heavy atom. The normalized spacial score (nSPS) is 21.9. The minimum Gasteiger partial charge on any atom is -0.353 e. The lowest BCUT2D eigenvalue weighted by Crippen LogP contribution is -2.39. The summed E-state index contributed by atoms with van der Waals surface area (Å²) in [5.74, 6) is 0.247. The summed E-state index contributed by atoms with van der Waals surface area (Å²) in [6.07, 6.45) is 7.41. The van der Waals surface area contributed by atoms with Crippen molar-refractivity contribution in [3.63, 3.8) is 0 Å². The summed E-state index contributed by atoms with van der Waals surface area (Å²) in [6.45, 7) is 6.85. The molecule has 4 heteroatoms. The lowest BCUT2D eigenvalue weighted by Gasteiger charge is -2.25. The van der Waals surface area contributed by atoms with E-state index in [0.717, 1.165) is 24.1 Å². The molecule has 1 atom stereocenters. The predicted molar refractivity (Wildman–Crippen MR) is 105 cm³/mol. The summed E-state index contributed by atoms with van der Waals surface area (Å²) in [5, 5.41) is 3.23. The average Bonchev–Trinajstić information content (AvgIpc) is 2.80. The van der Waals surface area contributed by atoms with Crippen molar-refractivity contribution in [2.75, 3.05) is 11.4 Å². The molecule has 0 bridgehead atoms. The number of hydrogen-bond donors (Lipinski definition) is 1. The molecule has 0 spiro atoms. The predicted octanol–water partition coefficient (Wildman–Crippen LogP) is 4.31. The van der Waals surface area contributed by atoms with Crippen LogP contribution in [0.25, 0.3) is 0 Å². The zero-order valence-electron chi connectivity index (χ0n) is 16.4. The van der Waals surface area contributed by atoms with Crippen molar-refractivity contribution >= 4 is 17.5 Å². The second kappa shape index (κ2) is 8.24. The molecule has 1 saturated carbocycles. The highest BCUT2D eigenvalue weighted by molar-refractivity contribution is 6.01. The van der Waals surface area contributed by atoms with Gasteiger partial charge in [-0.25, -0.2) is 0 Å². The molecule has 1 saturated heterocycles. The molecule has 2 aliphatic rings. The molecule has 4 nitrogen and oxygen atoms in total. The minimum atomic E-state index is -0.231. The van der Waals surface area contributed by atoms with E-state index in [0.29, 0.717) is 24.9 Å². The number of anilines is 1. The number of amides is 2. The van der Waals surface area contributed by atoms with Crippen LogP contribution in [0.5, 0.6) is 0 Å². The maximum Gasteiger partial charge on any atom is 0.227 e. The molecule has 1 aromatic rings. The topological polar surface area (TPSA) is 49.4 Å². The lowest BCUT2D eigenvalue weighted by molar-refractivity contribution is -0.127. The van der Waals surface area contributed by atoms with Crippen molar-refractivity contribution in [1.29, 1.82) is 0 Å². The number of benzene rings is 1. The van der Waals surface area contributed by atoms with Crippen molar-refractivity contribution in [3.8, 4) is 0 Å². The van der Waals surface area contributed by atoms with Gasteiger partial charge in [-0.1, -0.05) is 57.7 Å². The van der Waals surface area contributed by atoms with E-state index in [2.05, 4.69) is 25.2 Å². The monoisotopic (exact) mass is 356 g/mol. The first-order valence-corrected chi connectivity index (χ1v) is 10.2. The molecular formula is C22H32N2O2. The zero-order chi connectivity index (χ0) is 18.7. The van der Waals surface area contributed by atoms with Crippen LogP contribution >= 0.6 is 0 Å². The van der Waals surface area contributed by atoms with Crippen LogP contribution in [0.4, 0.5) is 5.69 Å². The van der Waals surface area contributed by atoms with Gasteiger partial charge in [-0.2, -0.15) is 0 Å². The van der Waals surface area contributed by atoms with Crippen molar-refractivity contribution in [2.45, 2.75) is 77.7 Å². The van der Waals surface area contributed by atoms with Gasteiger partial charge in [0, 0.05) is 24.7 Å². The van der Waals surface area contributed by atoms with Gasteiger partial charge in [0.15, 0.2) is 0 Å². The smallest absolute Gasteiger partial charge is 0.227 e. The SMILES string of the molecule is Cc1cccc(C(C)C)c1N1CC(C(=O)NC2CCCCCC2)CC1=O. The van der Waals surface area contributed by atoms with E-state index in [1.807, 2.05) is 24.0 Å². The van der Waals surface area contributed by atoms with Gasteiger partial charge in [0.1, 0.15) is 0 Å². The molecular weight excluding hydrogens is 324 g/mol. The molecule has 26 heavy (non-hydrogen) atoms. The van der Waals surface area contributed by atoms with Crippen LogP contribution in [0, 0.1) is 12.8 Å². The Hall–Kier alpha value is -1.84. The summed E-state index contributed by atoms with van der Waals surface area (Å²) in [5.41, 5.74) is 3.30. The van der Waals surface area contributed by atoms with E-state index in [1.54, 1.807) is 0 Å². The Morgan fingerprint density at radius 2 is 1.85 bits per heavy atom. The second-order valence-electron chi connectivity index (χ2n) is 8.27. The molecule has 2 amide bonds. The van der Waals surface area contributed by atoms with Crippen LogP contribution in [-0.2, 0) is 9.59 Å². The van der Waals surface area contributed by atoms with Crippen molar-refractivity contribution in [2.24, 2.45) is 5.92 Å². The minimum absolute atomic E-state index is 0.0624. The summed E-state index contributed by atoms with van der Waals surface area (Å²) < 4.78 is 0. The van der Waals surface area contributed by atoms with Crippen LogP contribution in [-0.4, -0.2) is 24.4 Å². The average molecular weight is 357 g/mol. The molecule has 0 radical (unpaired) electrons. The van der Waals surface area contributed by atoms with Gasteiger partial charge >= 0.3 is 0 Å². The van der Waals surface area contributed by atoms with E-state index in [1.165, 1.54) is 31.2 Å². The van der Waals surface area contributed by atoms with Crippen LogP contribution in [0.15, 0.2) is 18.2 Å². The molecule has 1 N–H and O–H groups in total. The number of rotatable bonds is 4. The molecule has 1 aliphatic carbocycles. The molecule has 1 aromatic carbocycles. The molecule has 142 valence electrons. The largest absolute Gasteiger partial charge is 0.353 e. The van der Waals surface area contributed by atoms with E-state index in [-0.39, 0.29) is 17.7 Å². The third-order valence-electron chi connectivity index (χ3n) is 5.86. The summed E-state index contributed by atoms with van der Waals surface area (Å²) in [7, 11) is 0. The van der Waals surface area contributed by atoms with Crippen LogP contribution in [0.1, 0.15) is 75.8 Å². The number of hydrogen-bond acceptors (Lipinski definition) is 2. The molecule has 1 heterocycles. The Kier molecular flexibility index (Phi) is 6.00. The van der Waals surface area contributed by atoms with Crippen LogP contribution in [0.3, 0.4) is 0 Å². The van der Waals surface area contributed by atoms with Gasteiger partial charge in [-0.3, -0.25) is 9.59 Å². The van der Waals surface area contributed by atoms with Gasteiger partial charge < -0.3 is 10.2 Å². The molecule has 2 fully saturated rings. The Labute approximate surface area is 157 Å². The second-order valence-corrected chi connectivity index (χ2v) is 8.27. The zero-order valence-corrected chi connectivity index (χ0v) is 16.4. The fraction of sp³-hybridized carbons (Fsp3) is 0.636.